The largest absolute Gasteiger partial charge is 0.329 e. The minimum atomic E-state index is -0.588. The number of imide groups is 1. The lowest BCUT2D eigenvalue weighted by Gasteiger charge is -2.16. The molecule has 4 amide bonds. The molecule has 2 rings (SSSR count). The number of nitrogens with one attached hydrogen (secondary N) is 2. The van der Waals surface area contributed by atoms with Gasteiger partial charge in [0.25, 0.3) is 0 Å². The van der Waals surface area contributed by atoms with E-state index in [1.165, 1.54) is 0 Å². The number of hydrogen-bond acceptors (Lipinski definition) is 4. The van der Waals surface area contributed by atoms with Gasteiger partial charge in [-0.05, 0) is 23.6 Å². The van der Waals surface area contributed by atoms with E-state index in [0.29, 0.717) is 5.69 Å². The molecule has 1 heterocycles. The Labute approximate surface area is 141 Å². The highest BCUT2D eigenvalue weighted by Gasteiger charge is 2.28. The highest BCUT2D eigenvalue weighted by molar-refractivity contribution is 6.01. The molecule has 126 valence electrons. The lowest BCUT2D eigenvalue weighted by Crippen LogP contribution is -2.39. The lowest BCUT2D eigenvalue weighted by molar-refractivity contribution is -0.125. The van der Waals surface area contributed by atoms with Crippen LogP contribution >= 0.6 is 12.4 Å². The molecule has 0 bridgehead atoms. The van der Waals surface area contributed by atoms with Crippen LogP contribution in [0.15, 0.2) is 24.3 Å². The maximum Gasteiger partial charge on any atom is 0.324 e. The number of carbonyl (C=O) groups is 3. The third-order valence-electron chi connectivity index (χ3n) is 3.49. The molecule has 7 nitrogen and oxygen atoms in total. The van der Waals surface area contributed by atoms with Gasteiger partial charge < -0.3 is 16.4 Å². The van der Waals surface area contributed by atoms with E-state index in [9.17, 15) is 14.4 Å². The van der Waals surface area contributed by atoms with Crippen molar-refractivity contribution in [3.05, 3.63) is 29.8 Å². The number of amides is 4. The second-order valence-corrected chi connectivity index (χ2v) is 5.60. The number of carbonyl (C=O) groups excluding carboxylic acids is 3. The molecule has 1 unspecified atom stereocenters. The molecule has 1 aromatic rings. The van der Waals surface area contributed by atoms with Crippen molar-refractivity contribution >= 4 is 35.9 Å². The van der Waals surface area contributed by atoms with E-state index in [4.69, 9.17) is 5.73 Å². The summed E-state index contributed by atoms with van der Waals surface area (Å²) in [5.41, 5.74) is 7.14. The number of hydrogen-bond donors (Lipinski definition) is 3. The van der Waals surface area contributed by atoms with Crippen molar-refractivity contribution in [3.63, 3.8) is 0 Å². The molecule has 4 N–H and O–H groups in total. The average Bonchev–Trinajstić information content (AvgIpc) is 2.78. The Balaban J connectivity index is 0.00000264. The van der Waals surface area contributed by atoms with Gasteiger partial charge in [-0.15, -0.1) is 12.4 Å². The molecule has 1 aromatic carbocycles. The third-order valence-corrected chi connectivity index (χ3v) is 3.49. The van der Waals surface area contributed by atoms with E-state index >= 15 is 0 Å². The average molecular weight is 341 g/mol. The molecule has 0 spiro atoms. The maximum atomic E-state index is 11.9. The topological polar surface area (TPSA) is 105 Å². The van der Waals surface area contributed by atoms with E-state index < -0.39 is 12.1 Å². The lowest BCUT2D eigenvalue weighted by atomic mass is 10.0. The molecule has 0 radical (unpaired) electrons. The van der Waals surface area contributed by atoms with Crippen LogP contribution in [0.25, 0.3) is 0 Å². The summed E-state index contributed by atoms with van der Waals surface area (Å²) in [5.74, 6) is -0.488. The molecule has 0 aliphatic carbocycles. The maximum absolute atomic E-state index is 11.9. The van der Waals surface area contributed by atoms with Crippen LogP contribution in [0.5, 0.6) is 0 Å². The highest BCUT2D eigenvalue weighted by Crippen LogP contribution is 2.15. The summed E-state index contributed by atoms with van der Waals surface area (Å²) in [5, 5.41) is 5.21. The van der Waals surface area contributed by atoms with Gasteiger partial charge >= 0.3 is 6.03 Å². The fourth-order valence-corrected chi connectivity index (χ4v) is 2.07. The fraction of sp³-hybridized carbons (Fsp3) is 0.400. The fourth-order valence-electron chi connectivity index (χ4n) is 2.07. The number of anilines is 1. The first kappa shape index (κ1) is 18.9. The number of rotatable bonds is 5. The molecular formula is C15H21ClN4O3. The number of nitrogens with two attached hydrogens (primary N) is 1. The molecule has 1 aliphatic heterocycles. The minimum Gasteiger partial charge on any atom is -0.329 e. The summed E-state index contributed by atoms with van der Waals surface area (Å²) >= 11 is 0. The standard InChI is InChI=1S/C15H20N4O3.ClH/c1-9(2)13(16)14(21)18-11-5-3-4-10(6-11)8-19-12(20)7-17-15(19)22;/h3-6,9,13H,7-8,16H2,1-2H3,(H,17,22)(H,18,21);1H. The van der Waals surface area contributed by atoms with Gasteiger partial charge in [0.05, 0.1) is 19.1 Å². The first-order valence-electron chi connectivity index (χ1n) is 7.12. The Kier molecular flexibility index (Phi) is 6.53. The van der Waals surface area contributed by atoms with Crippen LogP contribution in [-0.2, 0) is 16.1 Å². The minimum absolute atomic E-state index is 0. The van der Waals surface area contributed by atoms with Gasteiger partial charge in [-0.1, -0.05) is 26.0 Å². The first-order valence-corrected chi connectivity index (χ1v) is 7.12. The van der Waals surface area contributed by atoms with Crippen LogP contribution in [0.2, 0.25) is 0 Å². The highest BCUT2D eigenvalue weighted by atomic mass is 35.5. The van der Waals surface area contributed by atoms with E-state index in [1.54, 1.807) is 24.3 Å². The van der Waals surface area contributed by atoms with Gasteiger partial charge in [0.1, 0.15) is 0 Å². The van der Waals surface area contributed by atoms with Crippen LogP contribution in [0, 0.1) is 5.92 Å². The number of benzene rings is 1. The SMILES string of the molecule is CC(C)C(N)C(=O)Nc1cccc(CN2C(=O)CNC2=O)c1.Cl. The van der Waals surface area contributed by atoms with Crippen molar-refractivity contribution in [2.24, 2.45) is 11.7 Å². The molecule has 23 heavy (non-hydrogen) atoms. The smallest absolute Gasteiger partial charge is 0.324 e. The Hall–Kier alpha value is -2.12. The first-order chi connectivity index (χ1) is 10.4. The summed E-state index contributed by atoms with van der Waals surface area (Å²) in [4.78, 5) is 36.2. The Morgan fingerprint density at radius 3 is 2.65 bits per heavy atom. The summed E-state index contributed by atoms with van der Waals surface area (Å²) in [7, 11) is 0. The molecular weight excluding hydrogens is 320 g/mol. The van der Waals surface area contributed by atoms with E-state index in [-0.39, 0.29) is 43.2 Å². The monoisotopic (exact) mass is 340 g/mol. The molecule has 0 aromatic heterocycles. The summed E-state index contributed by atoms with van der Waals surface area (Å²) in [6.45, 7) is 3.94. The molecule has 1 saturated heterocycles. The van der Waals surface area contributed by atoms with Crippen molar-refractivity contribution < 1.29 is 14.4 Å². The summed E-state index contributed by atoms with van der Waals surface area (Å²) < 4.78 is 0. The van der Waals surface area contributed by atoms with Crippen molar-refractivity contribution in [3.8, 4) is 0 Å². The Bertz CT molecular complexity index is 590. The number of nitrogens with zero attached hydrogens (tertiary/aromatic N) is 1. The normalized spacial score (nSPS) is 15.2. The van der Waals surface area contributed by atoms with Gasteiger partial charge in [-0.2, -0.15) is 0 Å². The summed E-state index contributed by atoms with van der Waals surface area (Å²) in [6.07, 6.45) is 0. The van der Waals surface area contributed by atoms with Gasteiger partial charge in [-0.3, -0.25) is 14.5 Å². The molecule has 1 fully saturated rings. The van der Waals surface area contributed by atoms with Crippen LogP contribution in [-0.4, -0.2) is 35.3 Å². The number of urea groups is 1. The van der Waals surface area contributed by atoms with Crippen LogP contribution in [0.1, 0.15) is 19.4 Å². The van der Waals surface area contributed by atoms with Crippen molar-refractivity contribution in [2.45, 2.75) is 26.4 Å². The van der Waals surface area contributed by atoms with Crippen molar-refractivity contribution in [1.29, 1.82) is 0 Å². The molecule has 1 aliphatic rings. The van der Waals surface area contributed by atoms with Gasteiger partial charge in [0.2, 0.25) is 11.8 Å². The van der Waals surface area contributed by atoms with Gasteiger partial charge in [-0.25, -0.2) is 4.79 Å². The molecule has 1 atom stereocenters. The predicted molar refractivity (Wildman–Crippen MR) is 89.1 cm³/mol. The van der Waals surface area contributed by atoms with Gasteiger partial charge in [0.15, 0.2) is 0 Å². The van der Waals surface area contributed by atoms with Crippen LogP contribution in [0.4, 0.5) is 10.5 Å². The zero-order valence-corrected chi connectivity index (χ0v) is 13.9. The summed E-state index contributed by atoms with van der Waals surface area (Å²) in [6, 6.07) is 6.02. The predicted octanol–water partition coefficient (Wildman–Crippen LogP) is 1.08. The van der Waals surface area contributed by atoms with E-state index in [2.05, 4.69) is 10.6 Å². The van der Waals surface area contributed by atoms with Crippen molar-refractivity contribution in [1.82, 2.24) is 10.2 Å². The third kappa shape index (κ3) is 4.67. The molecule has 8 heteroatoms. The van der Waals surface area contributed by atoms with Crippen molar-refractivity contribution in [2.75, 3.05) is 11.9 Å². The number of halogens is 1. The molecule has 0 saturated carbocycles. The van der Waals surface area contributed by atoms with Crippen LogP contribution < -0.4 is 16.4 Å². The van der Waals surface area contributed by atoms with Crippen LogP contribution in [0.3, 0.4) is 0 Å². The zero-order valence-electron chi connectivity index (χ0n) is 13.0. The van der Waals surface area contributed by atoms with E-state index in [0.717, 1.165) is 10.5 Å². The quantitative estimate of drug-likeness (QED) is 0.697. The Morgan fingerprint density at radius 2 is 2.09 bits per heavy atom. The second-order valence-electron chi connectivity index (χ2n) is 5.60. The zero-order chi connectivity index (χ0) is 16.3. The Morgan fingerprint density at radius 1 is 1.39 bits per heavy atom. The van der Waals surface area contributed by atoms with Gasteiger partial charge in [0, 0.05) is 5.69 Å². The second kappa shape index (κ2) is 7.94. The van der Waals surface area contributed by atoms with E-state index in [1.807, 2.05) is 13.8 Å².